The van der Waals surface area contributed by atoms with Crippen molar-refractivity contribution < 1.29 is 9.59 Å². The van der Waals surface area contributed by atoms with Crippen molar-refractivity contribution >= 4 is 44.9 Å². The molecular formula is C14H9BrN2O2S. The van der Waals surface area contributed by atoms with Gasteiger partial charge in [0.15, 0.2) is 0 Å². The number of imide groups is 1. The minimum atomic E-state index is -0.344. The Labute approximate surface area is 128 Å². The minimum Gasteiger partial charge on any atom is -0.317 e. The van der Waals surface area contributed by atoms with Crippen molar-refractivity contribution in [3.8, 4) is 5.69 Å². The molecule has 1 saturated heterocycles. The predicted octanol–water partition coefficient (Wildman–Crippen LogP) is 3.56. The number of carbonyl (C=O) groups is 2. The van der Waals surface area contributed by atoms with E-state index in [0.29, 0.717) is 4.91 Å². The lowest BCUT2D eigenvalue weighted by Crippen LogP contribution is -2.17. The van der Waals surface area contributed by atoms with Crippen LogP contribution in [0.4, 0.5) is 4.79 Å². The topological polar surface area (TPSA) is 51.1 Å². The molecule has 1 aliphatic rings. The zero-order valence-corrected chi connectivity index (χ0v) is 12.6. The average molecular weight is 349 g/mol. The molecule has 0 bridgehead atoms. The van der Waals surface area contributed by atoms with Crippen LogP contribution in [0.1, 0.15) is 5.69 Å². The fraction of sp³-hybridized carbons (Fsp3) is 0. The van der Waals surface area contributed by atoms with E-state index in [-0.39, 0.29) is 11.1 Å². The van der Waals surface area contributed by atoms with Gasteiger partial charge >= 0.3 is 0 Å². The highest BCUT2D eigenvalue weighted by Crippen LogP contribution is 2.26. The first kappa shape index (κ1) is 13.2. The van der Waals surface area contributed by atoms with E-state index in [1.165, 1.54) is 0 Å². The maximum absolute atomic E-state index is 11.6. The Morgan fingerprint density at radius 3 is 2.55 bits per heavy atom. The van der Waals surface area contributed by atoms with Gasteiger partial charge in [-0.15, -0.1) is 0 Å². The summed E-state index contributed by atoms with van der Waals surface area (Å²) in [6.45, 7) is 0. The number of carbonyl (C=O) groups excluding carboxylic acids is 2. The Morgan fingerprint density at radius 1 is 1.15 bits per heavy atom. The van der Waals surface area contributed by atoms with Crippen LogP contribution in [0.15, 0.2) is 52.0 Å². The number of benzene rings is 1. The Morgan fingerprint density at radius 2 is 1.90 bits per heavy atom. The fourth-order valence-electron chi connectivity index (χ4n) is 1.90. The highest BCUT2D eigenvalue weighted by atomic mass is 79.9. The van der Waals surface area contributed by atoms with E-state index in [4.69, 9.17) is 0 Å². The summed E-state index contributed by atoms with van der Waals surface area (Å²) in [6.07, 6.45) is 3.63. The van der Waals surface area contributed by atoms with Crippen molar-refractivity contribution in [2.24, 2.45) is 0 Å². The molecule has 0 spiro atoms. The van der Waals surface area contributed by atoms with Crippen LogP contribution in [-0.2, 0) is 4.79 Å². The molecule has 0 radical (unpaired) electrons. The largest absolute Gasteiger partial charge is 0.317 e. The van der Waals surface area contributed by atoms with E-state index in [1.807, 2.05) is 47.2 Å². The van der Waals surface area contributed by atoms with E-state index in [2.05, 4.69) is 21.2 Å². The molecule has 0 unspecified atom stereocenters. The van der Waals surface area contributed by atoms with Crippen LogP contribution in [-0.4, -0.2) is 15.7 Å². The molecule has 1 aromatic carbocycles. The van der Waals surface area contributed by atoms with Crippen molar-refractivity contribution in [2.75, 3.05) is 0 Å². The van der Waals surface area contributed by atoms with Crippen LogP contribution >= 0.6 is 27.7 Å². The molecule has 0 saturated carbocycles. The second-order valence-electron chi connectivity index (χ2n) is 4.13. The summed E-state index contributed by atoms with van der Waals surface area (Å²) in [5.74, 6) is -0.344. The van der Waals surface area contributed by atoms with Crippen molar-refractivity contribution in [2.45, 2.75) is 0 Å². The van der Waals surface area contributed by atoms with Gasteiger partial charge in [-0.1, -0.05) is 15.9 Å². The summed E-state index contributed by atoms with van der Waals surface area (Å²) >= 11 is 4.32. The fourth-order valence-corrected chi connectivity index (χ4v) is 2.84. The summed E-state index contributed by atoms with van der Waals surface area (Å²) in [7, 11) is 0. The monoisotopic (exact) mass is 348 g/mol. The van der Waals surface area contributed by atoms with Gasteiger partial charge in [0, 0.05) is 22.1 Å². The highest BCUT2D eigenvalue weighted by molar-refractivity contribution is 9.10. The lowest BCUT2D eigenvalue weighted by atomic mass is 10.3. The first-order chi connectivity index (χ1) is 9.63. The molecule has 3 rings (SSSR count). The molecule has 6 heteroatoms. The van der Waals surface area contributed by atoms with Crippen LogP contribution in [0.2, 0.25) is 0 Å². The van der Waals surface area contributed by atoms with Crippen LogP contribution in [0.25, 0.3) is 11.8 Å². The molecular weight excluding hydrogens is 340 g/mol. The summed E-state index contributed by atoms with van der Waals surface area (Å²) in [5.41, 5.74) is 1.83. The number of halogens is 1. The summed E-state index contributed by atoms with van der Waals surface area (Å²) in [5, 5.41) is 1.92. The predicted molar refractivity (Wildman–Crippen MR) is 82.6 cm³/mol. The number of hydrogen-bond donors (Lipinski definition) is 1. The van der Waals surface area contributed by atoms with Crippen molar-refractivity contribution in [3.63, 3.8) is 0 Å². The zero-order valence-electron chi connectivity index (χ0n) is 10.2. The van der Waals surface area contributed by atoms with Gasteiger partial charge in [-0.25, -0.2) is 0 Å². The summed E-state index contributed by atoms with van der Waals surface area (Å²) in [6, 6.07) is 11.6. The summed E-state index contributed by atoms with van der Waals surface area (Å²) in [4.78, 5) is 23.1. The molecule has 0 aliphatic carbocycles. The van der Waals surface area contributed by atoms with Crippen molar-refractivity contribution in [3.05, 3.63) is 57.7 Å². The van der Waals surface area contributed by atoms with Gasteiger partial charge in [-0.3, -0.25) is 14.9 Å². The van der Waals surface area contributed by atoms with Gasteiger partial charge in [0.2, 0.25) is 0 Å². The van der Waals surface area contributed by atoms with Gasteiger partial charge in [0.1, 0.15) is 0 Å². The first-order valence-electron chi connectivity index (χ1n) is 5.81. The van der Waals surface area contributed by atoms with E-state index in [9.17, 15) is 9.59 Å². The quantitative estimate of drug-likeness (QED) is 0.844. The standard InChI is InChI=1S/C14H9BrN2O2S/c15-9-3-5-10(6-4-9)17-7-1-2-11(17)8-12-13(18)16-14(19)20-12/h1-8H,(H,16,18,19)/b12-8+. The van der Waals surface area contributed by atoms with Crippen LogP contribution in [0.5, 0.6) is 0 Å². The first-order valence-corrected chi connectivity index (χ1v) is 7.42. The molecule has 2 aromatic rings. The number of rotatable bonds is 2. The number of amides is 2. The molecule has 1 N–H and O–H groups in total. The van der Waals surface area contributed by atoms with Gasteiger partial charge in [0.05, 0.1) is 4.91 Å². The van der Waals surface area contributed by atoms with E-state index in [0.717, 1.165) is 27.6 Å². The van der Waals surface area contributed by atoms with Crippen LogP contribution in [0.3, 0.4) is 0 Å². The third-order valence-electron chi connectivity index (χ3n) is 2.81. The highest BCUT2D eigenvalue weighted by Gasteiger charge is 2.25. The Balaban J connectivity index is 1.99. The smallest absolute Gasteiger partial charge is 0.290 e. The second kappa shape index (κ2) is 5.30. The maximum Gasteiger partial charge on any atom is 0.290 e. The van der Waals surface area contributed by atoms with Crippen LogP contribution < -0.4 is 5.32 Å². The SMILES string of the molecule is O=C1NC(=O)/C(=C\c2cccn2-c2ccc(Br)cc2)S1. The molecule has 4 nitrogen and oxygen atoms in total. The second-order valence-corrected chi connectivity index (χ2v) is 6.06. The lowest BCUT2D eigenvalue weighted by Gasteiger charge is -2.06. The average Bonchev–Trinajstić information content (AvgIpc) is 2.98. The van der Waals surface area contributed by atoms with Gasteiger partial charge in [-0.05, 0) is 54.2 Å². The normalized spacial score (nSPS) is 16.8. The molecule has 100 valence electrons. The number of nitrogens with zero attached hydrogens (tertiary/aromatic N) is 1. The van der Waals surface area contributed by atoms with Gasteiger partial charge < -0.3 is 4.57 Å². The van der Waals surface area contributed by atoms with Crippen molar-refractivity contribution in [1.82, 2.24) is 9.88 Å². The number of hydrogen-bond acceptors (Lipinski definition) is 3. The Kier molecular flexibility index (Phi) is 3.50. The Bertz CT molecular complexity index is 719. The molecule has 2 heterocycles. The van der Waals surface area contributed by atoms with Gasteiger partial charge in [-0.2, -0.15) is 0 Å². The molecule has 0 atom stereocenters. The number of nitrogens with one attached hydrogen (secondary N) is 1. The number of aromatic nitrogens is 1. The summed E-state index contributed by atoms with van der Waals surface area (Å²) < 4.78 is 2.96. The third kappa shape index (κ3) is 2.57. The van der Waals surface area contributed by atoms with E-state index in [1.54, 1.807) is 6.08 Å². The third-order valence-corrected chi connectivity index (χ3v) is 4.15. The molecule has 2 amide bonds. The van der Waals surface area contributed by atoms with Crippen molar-refractivity contribution in [1.29, 1.82) is 0 Å². The molecule has 20 heavy (non-hydrogen) atoms. The van der Waals surface area contributed by atoms with E-state index >= 15 is 0 Å². The zero-order chi connectivity index (χ0) is 14.1. The van der Waals surface area contributed by atoms with Gasteiger partial charge in [0.25, 0.3) is 11.1 Å². The lowest BCUT2D eigenvalue weighted by molar-refractivity contribution is -0.115. The molecule has 1 fully saturated rings. The maximum atomic E-state index is 11.6. The van der Waals surface area contributed by atoms with Crippen LogP contribution in [0, 0.1) is 0 Å². The van der Waals surface area contributed by atoms with E-state index < -0.39 is 0 Å². The Hall–Kier alpha value is -1.79. The number of thioether (sulfide) groups is 1. The molecule has 1 aliphatic heterocycles. The molecule has 1 aromatic heterocycles. The minimum absolute atomic E-state index is 0.331.